The van der Waals surface area contributed by atoms with Crippen LogP contribution in [0.15, 0.2) is 24.3 Å². The maximum atomic E-state index is 13.4. The molecular weight excluding hydrogens is 457 g/mol. The van der Waals surface area contributed by atoms with Crippen molar-refractivity contribution in [3.05, 3.63) is 52.5 Å². The Balaban J connectivity index is 1.69. The summed E-state index contributed by atoms with van der Waals surface area (Å²) in [5, 5.41) is 4.00. The number of alkyl halides is 3. The zero-order chi connectivity index (χ0) is 25.5. The summed E-state index contributed by atoms with van der Waals surface area (Å²) in [5.41, 5.74) is 2.37. The van der Waals surface area contributed by atoms with E-state index in [1.165, 1.54) is 13.0 Å². The Morgan fingerprint density at radius 1 is 1.06 bits per heavy atom. The van der Waals surface area contributed by atoms with E-state index in [2.05, 4.69) is 20.2 Å². The highest BCUT2D eigenvalue weighted by Gasteiger charge is 2.33. The van der Waals surface area contributed by atoms with E-state index in [-0.39, 0.29) is 11.5 Å². The van der Waals surface area contributed by atoms with Crippen molar-refractivity contribution in [1.82, 2.24) is 19.9 Å². The van der Waals surface area contributed by atoms with Crippen LogP contribution in [0.1, 0.15) is 48.1 Å². The lowest BCUT2D eigenvalue weighted by molar-refractivity contribution is -0.138. The van der Waals surface area contributed by atoms with E-state index in [1.54, 1.807) is 19.9 Å². The van der Waals surface area contributed by atoms with Gasteiger partial charge in [0.15, 0.2) is 5.65 Å². The van der Waals surface area contributed by atoms with E-state index in [0.717, 1.165) is 17.4 Å². The van der Waals surface area contributed by atoms with Gasteiger partial charge in [0.25, 0.3) is 0 Å². The number of carbonyl (C=O) groups is 1. The second-order valence-corrected chi connectivity index (χ2v) is 8.96. The Morgan fingerprint density at radius 2 is 1.74 bits per heavy atom. The third kappa shape index (κ3) is 5.01. The first kappa shape index (κ1) is 24.7. The molecule has 35 heavy (non-hydrogen) atoms. The van der Waals surface area contributed by atoms with Crippen molar-refractivity contribution in [1.29, 1.82) is 0 Å². The molecule has 0 spiro atoms. The number of fused-ring (bicyclic) bond motifs is 1. The number of benzene rings is 1. The molecule has 1 amide bonds. The molecule has 1 saturated heterocycles. The highest BCUT2D eigenvalue weighted by molar-refractivity contribution is 5.90. The first-order chi connectivity index (χ1) is 16.5. The number of nitrogens with one attached hydrogen (secondary N) is 1. The summed E-state index contributed by atoms with van der Waals surface area (Å²) in [7, 11) is 0. The summed E-state index contributed by atoms with van der Waals surface area (Å²) in [6.07, 6.45) is -4.42. The van der Waals surface area contributed by atoms with Crippen molar-refractivity contribution in [2.45, 2.75) is 46.8 Å². The highest BCUT2D eigenvalue weighted by atomic mass is 19.4. The SMILES string of the molecule is CC(=O)N1CCN(c2cc3c(NC(C)c4cccc(C(F)(F)F)c4C)nc(C)nc3nc2C)CC1. The zero-order valence-corrected chi connectivity index (χ0v) is 20.5. The monoisotopic (exact) mass is 486 g/mol. The maximum absolute atomic E-state index is 13.4. The number of halogens is 3. The van der Waals surface area contributed by atoms with Crippen LogP contribution in [0.4, 0.5) is 24.7 Å². The summed E-state index contributed by atoms with van der Waals surface area (Å²) >= 11 is 0. The van der Waals surface area contributed by atoms with Crippen molar-refractivity contribution >= 4 is 28.4 Å². The lowest BCUT2D eigenvalue weighted by Crippen LogP contribution is -2.48. The second-order valence-electron chi connectivity index (χ2n) is 8.96. The van der Waals surface area contributed by atoms with Crippen molar-refractivity contribution in [2.75, 3.05) is 36.4 Å². The molecule has 1 fully saturated rings. The molecule has 0 aliphatic carbocycles. The molecule has 4 rings (SSSR count). The average Bonchev–Trinajstić information content (AvgIpc) is 2.78. The molecule has 10 heteroatoms. The molecular formula is C25H29F3N6O. The predicted octanol–water partition coefficient (Wildman–Crippen LogP) is 4.81. The van der Waals surface area contributed by atoms with Gasteiger partial charge < -0.3 is 15.1 Å². The Hall–Kier alpha value is -3.43. The molecule has 1 aliphatic heterocycles. The van der Waals surface area contributed by atoms with Crippen molar-refractivity contribution in [3.8, 4) is 0 Å². The van der Waals surface area contributed by atoms with Crippen LogP contribution in [0, 0.1) is 20.8 Å². The lowest BCUT2D eigenvalue weighted by atomic mass is 9.97. The van der Waals surface area contributed by atoms with Crippen LogP contribution in [0.25, 0.3) is 11.0 Å². The fourth-order valence-electron chi connectivity index (χ4n) is 4.65. The van der Waals surface area contributed by atoms with Gasteiger partial charge in [-0.15, -0.1) is 0 Å². The smallest absolute Gasteiger partial charge is 0.366 e. The summed E-state index contributed by atoms with van der Waals surface area (Å²) in [6.45, 7) is 11.2. The van der Waals surface area contributed by atoms with Gasteiger partial charge in [0.2, 0.25) is 5.91 Å². The quantitative estimate of drug-likeness (QED) is 0.571. The number of anilines is 2. The average molecular weight is 487 g/mol. The van der Waals surface area contributed by atoms with Gasteiger partial charge in [-0.05, 0) is 51.0 Å². The van der Waals surface area contributed by atoms with E-state index in [9.17, 15) is 18.0 Å². The van der Waals surface area contributed by atoms with Gasteiger partial charge in [0.05, 0.1) is 28.4 Å². The Labute approximate surface area is 202 Å². The van der Waals surface area contributed by atoms with Gasteiger partial charge in [0, 0.05) is 33.1 Å². The Morgan fingerprint density at radius 3 is 2.37 bits per heavy atom. The minimum atomic E-state index is -4.42. The highest BCUT2D eigenvalue weighted by Crippen LogP contribution is 2.36. The number of amides is 1. The summed E-state index contributed by atoms with van der Waals surface area (Å²) in [5.74, 6) is 1.10. The first-order valence-electron chi connectivity index (χ1n) is 11.6. The van der Waals surface area contributed by atoms with Crippen molar-refractivity contribution < 1.29 is 18.0 Å². The van der Waals surface area contributed by atoms with Crippen LogP contribution in [0.3, 0.4) is 0 Å². The second kappa shape index (κ2) is 9.31. The third-order valence-corrected chi connectivity index (χ3v) is 6.53. The van der Waals surface area contributed by atoms with Gasteiger partial charge in [0.1, 0.15) is 11.6 Å². The summed E-state index contributed by atoms with van der Waals surface area (Å²) in [4.78, 5) is 29.4. The summed E-state index contributed by atoms with van der Waals surface area (Å²) < 4.78 is 40.3. The van der Waals surface area contributed by atoms with E-state index < -0.39 is 17.8 Å². The van der Waals surface area contributed by atoms with Crippen LogP contribution in [-0.2, 0) is 11.0 Å². The molecule has 0 bridgehead atoms. The number of pyridine rings is 1. The van der Waals surface area contributed by atoms with E-state index in [0.29, 0.717) is 54.4 Å². The molecule has 1 aromatic carbocycles. The van der Waals surface area contributed by atoms with E-state index in [4.69, 9.17) is 4.98 Å². The van der Waals surface area contributed by atoms with Crippen LogP contribution in [0.2, 0.25) is 0 Å². The Bertz CT molecular complexity index is 1270. The van der Waals surface area contributed by atoms with Gasteiger partial charge in [-0.2, -0.15) is 13.2 Å². The van der Waals surface area contributed by atoms with Gasteiger partial charge in [-0.25, -0.2) is 15.0 Å². The molecule has 1 unspecified atom stereocenters. The first-order valence-corrected chi connectivity index (χ1v) is 11.6. The molecule has 186 valence electrons. The minimum absolute atomic E-state index is 0.0623. The lowest BCUT2D eigenvalue weighted by Gasteiger charge is -2.36. The molecule has 1 atom stereocenters. The standard InChI is InChI=1S/C25H29F3N6O/c1-14-19(7-6-8-21(14)25(26,27)28)15(2)29-23-20-13-22(16(3)30-24(20)32-17(4)31-23)34-11-9-33(10-12-34)18(5)35/h6-8,13,15H,9-12H2,1-5H3,(H,29,30,31,32). The maximum Gasteiger partial charge on any atom is 0.416 e. The van der Waals surface area contributed by atoms with Crippen LogP contribution >= 0.6 is 0 Å². The van der Waals surface area contributed by atoms with Gasteiger partial charge in [-0.3, -0.25) is 4.79 Å². The predicted molar refractivity (Wildman–Crippen MR) is 129 cm³/mol. The van der Waals surface area contributed by atoms with Gasteiger partial charge in [-0.1, -0.05) is 12.1 Å². The third-order valence-electron chi connectivity index (χ3n) is 6.53. The normalized spacial score (nSPS) is 15.4. The van der Waals surface area contributed by atoms with Crippen LogP contribution in [0.5, 0.6) is 0 Å². The summed E-state index contributed by atoms with van der Waals surface area (Å²) in [6, 6.07) is 5.77. The van der Waals surface area contributed by atoms with Gasteiger partial charge >= 0.3 is 6.18 Å². The van der Waals surface area contributed by atoms with Crippen LogP contribution < -0.4 is 10.2 Å². The minimum Gasteiger partial charge on any atom is -0.366 e. The number of rotatable bonds is 4. The number of aromatic nitrogens is 3. The van der Waals surface area contributed by atoms with Crippen molar-refractivity contribution in [3.63, 3.8) is 0 Å². The van der Waals surface area contributed by atoms with Crippen LogP contribution in [-0.4, -0.2) is 51.9 Å². The topological polar surface area (TPSA) is 74.2 Å². The number of carbonyl (C=O) groups excluding carboxylic acids is 1. The van der Waals surface area contributed by atoms with Crippen molar-refractivity contribution in [2.24, 2.45) is 0 Å². The molecule has 1 N–H and O–H groups in total. The molecule has 1 aliphatic rings. The molecule has 3 heterocycles. The molecule has 3 aromatic rings. The molecule has 2 aromatic heterocycles. The number of nitrogens with zero attached hydrogens (tertiary/aromatic N) is 5. The molecule has 0 saturated carbocycles. The molecule has 0 radical (unpaired) electrons. The molecule has 7 nitrogen and oxygen atoms in total. The fraction of sp³-hybridized carbons (Fsp3) is 0.440. The zero-order valence-electron chi connectivity index (χ0n) is 20.5. The number of piperazine rings is 1. The number of hydrogen-bond acceptors (Lipinski definition) is 6. The van der Waals surface area contributed by atoms with E-state index >= 15 is 0 Å². The van der Waals surface area contributed by atoms with E-state index in [1.807, 2.05) is 24.8 Å². The number of aryl methyl sites for hydroxylation is 2. The largest absolute Gasteiger partial charge is 0.416 e. The fourth-order valence-corrected chi connectivity index (χ4v) is 4.65. The Kier molecular flexibility index (Phi) is 6.57. The number of hydrogen-bond donors (Lipinski definition) is 1.